The summed E-state index contributed by atoms with van der Waals surface area (Å²) >= 11 is 0. The van der Waals surface area contributed by atoms with Crippen molar-refractivity contribution >= 4 is 5.69 Å². The minimum absolute atomic E-state index is 0.332. The van der Waals surface area contributed by atoms with Crippen molar-refractivity contribution in [3.8, 4) is 5.75 Å². The molecular weight excluding hydrogens is 200 g/mol. The van der Waals surface area contributed by atoms with Crippen molar-refractivity contribution in [1.29, 1.82) is 0 Å². The molecule has 1 fully saturated rings. The van der Waals surface area contributed by atoms with Crippen molar-refractivity contribution in [2.24, 2.45) is 5.92 Å². The fraction of sp³-hybridized carbons (Fsp3) is 0.538. The lowest BCUT2D eigenvalue weighted by atomic mass is 9.97. The summed E-state index contributed by atoms with van der Waals surface area (Å²) in [5.74, 6) is 1.12. The van der Waals surface area contributed by atoms with Crippen molar-refractivity contribution in [3.63, 3.8) is 0 Å². The fourth-order valence-electron chi connectivity index (χ4n) is 2.26. The van der Waals surface area contributed by atoms with Crippen LogP contribution in [0, 0.1) is 5.92 Å². The molecule has 0 bridgehead atoms. The highest BCUT2D eigenvalue weighted by molar-refractivity contribution is 5.48. The van der Waals surface area contributed by atoms with Crippen molar-refractivity contribution in [2.75, 3.05) is 31.6 Å². The molecule has 88 valence electrons. The molecule has 1 heterocycles. The first-order valence-corrected chi connectivity index (χ1v) is 5.96. The maximum absolute atomic E-state index is 9.23. The van der Waals surface area contributed by atoms with E-state index in [4.69, 9.17) is 0 Å². The lowest BCUT2D eigenvalue weighted by Gasteiger charge is -2.28. The van der Waals surface area contributed by atoms with Crippen LogP contribution in [-0.4, -0.2) is 31.8 Å². The van der Waals surface area contributed by atoms with E-state index in [2.05, 4.69) is 17.3 Å². The number of phenols is 1. The number of anilines is 1. The van der Waals surface area contributed by atoms with Crippen LogP contribution in [0.5, 0.6) is 5.75 Å². The second kappa shape index (κ2) is 5.21. The number of hydrogen-bond donors (Lipinski definition) is 2. The molecule has 1 aromatic carbocycles. The molecule has 0 radical (unpaired) electrons. The van der Waals surface area contributed by atoms with Gasteiger partial charge in [0.25, 0.3) is 0 Å². The van der Waals surface area contributed by atoms with Crippen molar-refractivity contribution in [3.05, 3.63) is 24.3 Å². The second-order valence-electron chi connectivity index (χ2n) is 4.59. The summed E-state index contributed by atoms with van der Waals surface area (Å²) in [7, 11) is 2.12. The van der Waals surface area contributed by atoms with Crippen LogP contribution in [0.2, 0.25) is 0 Å². The fourth-order valence-corrected chi connectivity index (χ4v) is 2.26. The van der Waals surface area contributed by atoms with E-state index < -0.39 is 0 Å². The van der Waals surface area contributed by atoms with Gasteiger partial charge in [-0.25, -0.2) is 0 Å². The highest BCUT2D eigenvalue weighted by Gasteiger charge is 2.15. The van der Waals surface area contributed by atoms with Crippen LogP contribution >= 0.6 is 0 Å². The molecule has 1 aromatic rings. The Hall–Kier alpha value is -1.22. The Morgan fingerprint density at radius 2 is 1.88 bits per heavy atom. The largest absolute Gasteiger partial charge is 0.508 e. The first-order valence-electron chi connectivity index (χ1n) is 5.96. The van der Waals surface area contributed by atoms with E-state index in [0.29, 0.717) is 5.75 Å². The van der Waals surface area contributed by atoms with Crippen LogP contribution in [0.3, 0.4) is 0 Å². The molecule has 2 N–H and O–H groups in total. The predicted octanol–water partition coefficient (Wildman–Crippen LogP) is 1.83. The number of nitrogens with one attached hydrogen (secondary N) is 1. The summed E-state index contributed by atoms with van der Waals surface area (Å²) in [6.45, 7) is 3.40. The molecule has 1 saturated heterocycles. The molecule has 0 saturated carbocycles. The van der Waals surface area contributed by atoms with Gasteiger partial charge in [0.15, 0.2) is 0 Å². The van der Waals surface area contributed by atoms with Crippen molar-refractivity contribution < 1.29 is 5.11 Å². The molecule has 2 rings (SSSR count). The molecule has 3 heteroatoms. The Labute approximate surface area is 97.1 Å². The van der Waals surface area contributed by atoms with Crippen LogP contribution < -0.4 is 10.2 Å². The molecule has 3 nitrogen and oxygen atoms in total. The van der Waals surface area contributed by atoms with Gasteiger partial charge in [0.1, 0.15) is 5.75 Å². The topological polar surface area (TPSA) is 35.5 Å². The van der Waals surface area contributed by atoms with Crippen LogP contribution in [0.25, 0.3) is 0 Å². The lowest BCUT2D eigenvalue weighted by molar-refractivity contribution is 0.378. The van der Waals surface area contributed by atoms with Gasteiger partial charge in [-0.15, -0.1) is 0 Å². The normalized spacial score (nSPS) is 17.3. The zero-order chi connectivity index (χ0) is 11.4. The van der Waals surface area contributed by atoms with Crippen LogP contribution in [0.4, 0.5) is 5.69 Å². The van der Waals surface area contributed by atoms with Gasteiger partial charge in [0.2, 0.25) is 0 Å². The zero-order valence-corrected chi connectivity index (χ0v) is 9.82. The summed E-state index contributed by atoms with van der Waals surface area (Å²) in [4.78, 5) is 2.27. The average Bonchev–Trinajstić information content (AvgIpc) is 2.31. The van der Waals surface area contributed by atoms with Gasteiger partial charge in [-0.1, -0.05) is 0 Å². The highest BCUT2D eigenvalue weighted by atomic mass is 16.3. The minimum atomic E-state index is 0.332. The van der Waals surface area contributed by atoms with E-state index in [1.54, 1.807) is 12.1 Å². The van der Waals surface area contributed by atoms with Crippen LogP contribution in [-0.2, 0) is 0 Å². The van der Waals surface area contributed by atoms with Gasteiger partial charge in [0, 0.05) is 19.3 Å². The average molecular weight is 220 g/mol. The number of hydrogen-bond acceptors (Lipinski definition) is 3. The van der Waals surface area contributed by atoms with Gasteiger partial charge < -0.3 is 15.3 Å². The number of rotatable bonds is 3. The van der Waals surface area contributed by atoms with Gasteiger partial charge in [0.05, 0.1) is 0 Å². The SMILES string of the molecule is CN(CC1CCNCC1)c1ccc(O)cc1. The quantitative estimate of drug-likeness (QED) is 0.815. The van der Waals surface area contributed by atoms with E-state index in [9.17, 15) is 5.11 Å². The van der Waals surface area contributed by atoms with E-state index in [1.807, 2.05) is 12.1 Å². The summed E-state index contributed by atoms with van der Waals surface area (Å²) in [6, 6.07) is 7.43. The van der Waals surface area contributed by atoms with E-state index in [0.717, 1.165) is 25.6 Å². The zero-order valence-electron chi connectivity index (χ0n) is 9.82. The molecule has 1 aliphatic heterocycles. The number of aromatic hydroxyl groups is 1. The Balaban J connectivity index is 1.91. The number of piperidine rings is 1. The maximum atomic E-state index is 9.23. The van der Waals surface area contributed by atoms with Crippen LogP contribution in [0.15, 0.2) is 24.3 Å². The van der Waals surface area contributed by atoms with E-state index >= 15 is 0 Å². The Morgan fingerprint density at radius 1 is 1.25 bits per heavy atom. The number of benzene rings is 1. The van der Waals surface area contributed by atoms with Gasteiger partial charge in [-0.2, -0.15) is 0 Å². The molecule has 1 aliphatic rings. The third-order valence-electron chi connectivity index (χ3n) is 3.28. The van der Waals surface area contributed by atoms with Crippen LogP contribution in [0.1, 0.15) is 12.8 Å². The lowest BCUT2D eigenvalue weighted by Crippen LogP contribution is -2.34. The Morgan fingerprint density at radius 3 is 2.50 bits per heavy atom. The molecule has 0 amide bonds. The molecular formula is C13H20N2O. The molecule has 0 atom stereocenters. The molecule has 0 unspecified atom stereocenters. The van der Waals surface area contributed by atoms with Gasteiger partial charge in [-0.3, -0.25) is 0 Å². The third kappa shape index (κ3) is 2.89. The van der Waals surface area contributed by atoms with E-state index in [1.165, 1.54) is 18.5 Å². The summed E-state index contributed by atoms with van der Waals surface area (Å²) in [6.07, 6.45) is 2.53. The summed E-state index contributed by atoms with van der Waals surface area (Å²) in [5.41, 5.74) is 1.18. The summed E-state index contributed by atoms with van der Waals surface area (Å²) in [5, 5.41) is 12.6. The van der Waals surface area contributed by atoms with Gasteiger partial charge in [-0.05, 0) is 56.1 Å². The third-order valence-corrected chi connectivity index (χ3v) is 3.28. The van der Waals surface area contributed by atoms with Gasteiger partial charge >= 0.3 is 0 Å². The van der Waals surface area contributed by atoms with E-state index in [-0.39, 0.29) is 0 Å². The second-order valence-corrected chi connectivity index (χ2v) is 4.59. The minimum Gasteiger partial charge on any atom is -0.508 e. The predicted molar refractivity (Wildman–Crippen MR) is 67.0 cm³/mol. The molecule has 0 spiro atoms. The summed E-state index contributed by atoms with van der Waals surface area (Å²) < 4.78 is 0. The van der Waals surface area contributed by atoms with Crippen molar-refractivity contribution in [1.82, 2.24) is 5.32 Å². The highest BCUT2D eigenvalue weighted by Crippen LogP contribution is 2.20. The Kier molecular flexibility index (Phi) is 3.67. The molecule has 0 aliphatic carbocycles. The number of nitrogens with zero attached hydrogens (tertiary/aromatic N) is 1. The smallest absolute Gasteiger partial charge is 0.115 e. The molecule has 16 heavy (non-hydrogen) atoms. The monoisotopic (exact) mass is 220 g/mol. The Bertz CT molecular complexity index is 317. The first kappa shape index (κ1) is 11.3. The standard InChI is InChI=1S/C13H20N2O/c1-15(10-11-6-8-14-9-7-11)12-2-4-13(16)5-3-12/h2-5,11,14,16H,6-10H2,1H3. The maximum Gasteiger partial charge on any atom is 0.115 e. The number of phenolic OH excluding ortho intramolecular Hbond substituents is 1. The first-order chi connectivity index (χ1) is 7.75. The molecule has 0 aromatic heterocycles. The van der Waals surface area contributed by atoms with Crippen molar-refractivity contribution in [2.45, 2.75) is 12.8 Å².